The van der Waals surface area contributed by atoms with Crippen molar-refractivity contribution < 1.29 is 4.79 Å². The maximum atomic E-state index is 11.9. The van der Waals surface area contributed by atoms with E-state index in [0.29, 0.717) is 18.2 Å². The summed E-state index contributed by atoms with van der Waals surface area (Å²) in [6.07, 6.45) is 9.29. The number of allylic oxidation sites excluding steroid dienone is 1. The smallest absolute Gasteiger partial charge is 0.222 e. The Morgan fingerprint density at radius 1 is 1.24 bits per heavy atom. The molecule has 0 aromatic heterocycles. The summed E-state index contributed by atoms with van der Waals surface area (Å²) in [5, 5.41) is 0. The third-order valence-corrected chi connectivity index (χ3v) is 3.57. The molecule has 0 atom stereocenters. The van der Waals surface area contributed by atoms with Crippen molar-refractivity contribution in [2.45, 2.75) is 44.9 Å². The van der Waals surface area contributed by atoms with Crippen molar-refractivity contribution in [3.63, 3.8) is 0 Å². The first kappa shape index (κ1) is 14.2. The molecule has 0 saturated carbocycles. The van der Waals surface area contributed by atoms with Gasteiger partial charge in [-0.2, -0.15) is 0 Å². The zero-order valence-electron chi connectivity index (χ0n) is 10.9. The molecule has 0 bridgehead atoms. The van der Waals surface area contributed by atoms with Crippen LogP contribution in [0.3, 0.4) is 0 Å². The topological polar surface area (TPSA) is 46.3 Å². The second-order valence-electron chi connectivity index (χ2n) is 4.91. The van der Waals surface area contributed by atoms with E-state index >= 15 is 0 Å². The molecule has 1 aliphatic rings. The van der Waals surface area contributed by atoms with Crippen LogP contribution in [0.15, 0.2) is 12.7 Å². The fourth-order valence-electron chi connectivity index (χ4n) is 2.32. The summed E-state index contributed by atoms with van der Waals surface area (Å²) < 4.78 is 0. The Morgan fingerprint density at radius 2 is 1.88 bits per heavy atom. The lowest BCUT2D eigenvalue weighted by molar-refractivity contribution is -0.132. The van der Waals surface area contributed by atoms with Crippen molar-refractivity contribution in [1.82, 2.24) is 4.90 Å². The first-order valence-corrected chi connectivity index (χ1v) is 6.88. The van der Waals surface area contributed by atoms with E-state index in [4.69, 9.17) is 5.73 Å². The van der Waals surface area contributed by atoms with Gasteiger partial charge in [0.1, 0.15) is 0 Å². The van der Waals surface area contributed by atoms with Crippen LogP contribution in [0, 0.1) is 5.92 Å². The molecule has 0 unspecified atom stereocenters. The van der Waals surface area contributed by atoms with Crippen LogP contribution < -0.4 is 5.73 Å². The molecule has 1 heterocycles. The Balaban J connectivity index is 2.10. The molecule has 1 fully saturated rings. The molecule has 2 N–H and O–H groups in total. The molecule has 1 aliphatic heterocycles. The SMILES string of the molecule is C=CC1CCN(C(=O)CCCCCCN)CC1. The first-order valence-electron chi connectivity index (χ1n) is 6.88. The predicted octanol–water partition coefficient (Wildman–Crippen LogP) is 2.32. The van der Waals surface area contributed by atoms with Crippen LogP contribution in [-0.4, -0.2) is 30.4 Å². The van der Waals surface area contributed by atoms with Crippen LogP contribution in [0.5, 0.6) is 0 Å². The summed E-state index contributed by atoms with van der Waals surface area (Å²) in [6.45, 7) is 6.42. The van der Waals surface area contributed by atoms with Crippen LogP contribution in [0.4, 0.5) is 0 Å². The number of carbonyl (C=O) groups is 1. The molecule has 98 valence electrons. The molecule has 0 spiro atoms. The Kier molecular flexibility index (Phi) is 6.94. The molecule has 0 aromatic rings. The Hall–Kier alpha value is -0.830. The number of unbranched alkanes of at least 4 members (excludes halogenated alkanes) is 3. The number of nitrogens with two attached hydrogens (primary N) is 1. The summed E-state index contributed by atoms with van der Waals surface area (Å²) >= 11 is 0. The third kappa shape index (κ3) is 5.35. The largest absolute Gasteiger partial charge is 0.343 e. The van der Waals surface area contributed by atoms with E-state index in [1.54, 1.807) is 0 Å². The van der Waals surface area contributed by atoms with Gasteiger partial charge >= 0.3 is 0 Å². The fraction of sp³-hybridized carbons (Fsp3) is 0.786. The van der Waals surface area contributed by atoms with Gasteiger partial charge < -0.3 is 10.6 Å². The van der Waals surface area contributed by atoms with Crippen molar-refractivity contribution >= 4 is 5.91 Å². The molecular weight excluding hydrogens is 212 g/mol. The minimum Gasteiger partial charge on any atom is -0.343 e. The summed E-state index contributed by atoms with van der Waals surface area (Å²) in [7, 11) is 0. The van der Waals surface area contributed by atoms with E-state index in [2.05, 4.69) is 6.58 Å². The van der Waals surface area contributed by atoms with Gasteiger partial charge in [-0.3, -0.25) is 4.79 Å². The Morgan fingerprint density at radius 3 is 2.47 bits per heavy atom. The second-order valence-corrected chi connectivity index (χ2v) is 4.91. The van der Waals surface area contributed by atoms with Gasteiger partial charge in [0.15, 0.2) is 0 Å². The quantitative estimate of drug-likeness (QED) is 0.546. The lowest BCUT2D eigenvalue weighted by Crippen LogP contribution is -2.37. The second kappa shape index (κ2) is 8.29. The van der Waals surface area contributed by atoms with Gasteiger partial charge in [-0.25, -0.2) is 0 Å². The van der Waals surface area contributed by atoms with E-state index < -0.39 is 0 Å². The molecule has 3 heteroatoms. The van der Waals surface area contributed by atoms with Crippen molar-refractivity contribution in [2.75, 3.05) is 19.6 Å². The number of carbonyl (C=O) groups excluding carboxylic acids is 1. The van der Waals surface area contributed by atoms with Gasteiger partial charge in [0.2, 0.25) is 5.91 Å². The van der Waals surface area contributed by atoms with Gasteiger partial charge in [-0.1, -0.05) is 18.9 Å². The van der Waals surface area contributed by atoms with Crippen LogP contribution in [-0.2, 0) is 4.79 Å². The highest BCUT2D eigenvalue weighted by atomic mass is 16.2. The summed E-state index contributed by atoms with van der Waals surface area (Å²) in [5.41, 5.74) is 5.43. The normalized spacial score (nSPS) is 17.1. The molecule has 1 amide bonds. The Bertz CT molecular complexity index is 232. The van der Waals surface area contributed by atoms with E-state index in [9.17, 15) is 4.79 Å². The molecule has 3 nitrogen and oxygen atoms in total. The maximum absolute atomic E-state index is 11.9. The summed E-state index contributed by atoms with van der Waals surface area (Å²) in [6, 6.07) is 0. The average Bonchev–Trinajstić information content (AvgIpc) is 2.38. The minimum absolute atomic E-state index is 0.334. The third-order valence-electron chi connectivity index (χ3n) is 3.57. The monoisotopic (exact) mass is 238 g/mol. The maximum Gasteiger partial charge on any atom is 0.222 e. The van der Waals surface area contributed by atoms with Crippen molar-refractivity contribution in [1.29, 1.82) is 0 Å². The molecule has 17 heavy (non-hydrogen) atoms. The van der Waals surface area contributed by atoms with E-state index in [-0.39, 0.29) is 0 Å². The van der Waals surface area contributed by atoms with E-state index in [1.165, 1.54) is 0 Å². The lowest BCUT2D eigenvalue weighted by atomic mass is 9.97. The standard InChI is InChI=1S/C14H26N2O/c1-2-13-8-11-16(12-9-13)14(17)7-5-3-4-6-10-15/h2,13H,1,3-12,15H2. The van der Waals surface area contributed by atoms with Gasteiger partial charge in [0.25, 0.3) is 0 Å². The highest BCUT2D eigenvalue weighted by Gasteiger charge is 2.20. The number of hydrogen-bond acceptors (Lipinski definition) is 2. The van der Waals surface area contributed by atoms with Crippen LogP contribution >= 0.6 is 0 Å². The average molecular weight is 238 g/mol. The van der Waals surface area contributed by atoms with Crippen LogP contribution in [0.25, 0.3) is 0 Å². The van der Waals surface area contributed by atoms with Gasteiger partial charge in [-0.05, 0) is 38.1 Å². The van der Waals surface area contributed by atoms with Crippen molar-refractivity contribution in [3.8, 4) is 0 Å². The number of piperidine rings is 1. The first-order chi connectivity index (χ1) is 8.27. The van der Waals surface area contributed by atoms with E-state index in [1.807, 2.05) is 11.0 Å². The molecule has 0 aliphatic carbocycles. The van der Waals surface area contributed by atoms with Gasteiger partial charge in [-0.15, -0.1) is 6.58 Å². The van der Waals surface area contributed by atoms with Crippen molar-refractivity contribution in [3.05, 3.63) is 12.7 Å². The zero-order chi connectivity index (χ0) is 12.5. The predicted molar refractivity (Wildman–Crippen MR) is 71.6 cm³/mol. The number of likely N-dealkylation sites (tertiary alicyclic amines) is 1. The lowest BCUT2D eigenvalue weighted by Gasteiger charge is -2.30. The van der Waals surface area contributed by atoms with Gasteiger partial charge in [0.05, 0.1) is 0 Å². The fourth-order valence-corrected chi connectivity index (χ4v) is 2.32. The van der Waals surface area contributed by atoms with Crippen LogP contribution in [0.1, 0.15) is 44.9 Å². The summed E-state index contributed by atoms with van der Waals surface area (Å²) in [5.74, 6) is 0.948. The Labute approximate surface area is 105 Å². The molecule has 1 rings (SSSR count). The highest BCUT2D eigenvalue weighted by molar-refractivity contribution is 5.76. The van der Waals surface area contributed by atoms with E-state index in [0.717, 1.165) is 58.2 Å². The molecular formula is C14H26N2O. The zero-order valence-corrected chi connectivity index (χ0v) is 10.9. The number of nitrogens with zero attached hydrogens (tertiary/aromatic N) is 1. The molecule has 0 aromatic carbocycles. The number of amides is 1. The van der Waals surface area contributed by atoms with Crippen molar-refractivity contribution in [2.24, 2.45) is 11.7 Å². The molecule has 1 saturated heterocycles. The number of hydrogen-bond donors (Lipinski definition) is 1. The highest BCUT2D eigenvalue weighted by Crippen LogP contribution is 2.18. The minimum atomic E-state index is 0.334. The van der Waals surface area contributed by atoms with Crippen LogP contribution in [0.2, 0.25) is 0 Å². The van der Waals surface area contributed by atoms with Gasteiger partial charge in [0, 0.05) is 19.5 Å². The summed E-state index contributed by atoms with van der Waals surface area (Å²) in [4.78, 5) is 13.9. The molecule has 0 radical (unpaired) electrons. The number of rotatable bonds is 7.